The van der Waals surface area contributed by atoms with Gasteiger partial charge in [-0.15, -0.1) is 0 Å². The zero-order chi connectivity index (χ0) is 31.0. The maximum atomic E-state index is 14.5. The quantitative estimate of drug-likeness (QED) is 0.263. The molecule has 232 valence electrons. The van der Waals surface area contributed by atoms with Gasteiger partial charge in [0, 0.05) is 48.6 Å². The number of aliphatic carboxylic acids is 1. The summed E-state index contributed by atoms with van der Waals surface area (Å²) in [6, 6.07) is 9.89. The zero-order valence-corrected chi connectivity index (χ0v) is 25.6. The van der Waals surface area contributed by atoms with Gasteiger partial charge < -0.3 is 19.5 Å². The van der Waals surface area contributed by atoms with Crippen LogP contribution in [0.15, 0.2) is 42.6 Å². The molecule has 0 radical (unpaired) electrons. The number of carboxylic acids is 1. The molecule has 3 aliphatic heterocycles. The highest BCUT2D eigenvalue weighted by molar-refractivity contribution is 5.79. The molecule has 0 amide bonds. The minimum absolute atomic E-state index is 0.0870. The van der Waals surface area contributed by atoms with E-state index in [1.54, 1.807) is 0 Å². The Bertz CT molecular complexity index is 1710. The first-order valence-electron chi connectivity index (χ1n) is 15.5. The number of imidazole rings is 1. The Kier molecular flexibility index (Phi) is 8.33. The Morgan fingerprint density at radius 2 is 1.75 bits per heavy atom. The minimum Gasteiger partial charge on any atom is -0.493 e. The highest BCUT2D eigenvalue weighted by Crippen LogP contribution is 2.38. The van der Waals surface area contributed by atoms with E-state index >= 15 is 0 Å². The number of fused-ring (bicyclic) bond motifs is 8. The van der Waals surface area contributed by atoms with Crippen molar-refractivity contribution < 1.29 is 28.2 Å². The molecule has 1 fully saturated rings. The number of ether oxygens (including phenoxy) is 2. The van der Waals surface area contributed by atoms with E-state index in [-0.39, 0.29) is 12.0 Å². The van der Waals surface area contributed by atoms with E-state index in [0.29, 0.717) is 42.2 Å². The molecule has 1 saturated heterocycles. The van der Waals surface area contributed by atoms with Crippen molar-refractivity contribution in [3.63, 3.8) is 0 Å². The van der Waals surface area contributed by atoms with E-state index in [1.807, 2.05) is 37.4 Å². The maximum Gasteiger partial charge on any atom is 0.307 e. The third-order valence-corrected chi connectivity index (χ3v) is 9.17. The van der Waals surface area contributed by atoms with Crippen molar-refractivity contribution >= 4 is 17.4 Å². The van der Waals surface area contributed by atoms with Crippen molar-refractivity contribution in [2.75, 3.05) is 31.2 Å². The van der Waals surface area contributed by atoms with Gasteiger partial charge in [0.15, 0.2) is 11.6 Å². The zero-order valence-electron chi connectivity index (χ0n) is 25.6. The van der Waals surface area contributed by atoms with Crippen LogP contribution in [0.25, 0.3) is 28.0 Å². The van der Waals surface area contributed by atoms with Crippen LogP contribution in [-0.4, -0.2) is 52.4 Å². The molecule has 0 spiro atoms. The normalized spacial score (nSPS) is 17.0. The van der Waals surface area contributed by atoms with Crippen LogP contribution in [0, 0.1) is 18.6 Å². The first kappa shape index (κ1) is 30.1. The molecule has 9 heteroatoms. The van der Waals surface area contributed by atoms with Gasteiger partial charge in [-0.3, -0.25) is 9.20 Å². The molecule has 6 bridgehead atoms. The summed E-state index contributed by atoms with van der Waals surface area (Å²) in [6.45, 7) is 8.70. The summed E-state index contributed by atoms with van der Waals surface area (Å²) in [7, 11) is 0. The van der Waals surface area contributed by atoms with Gasteiger partial charge in [0.05, 0.1) is 24.3 Å². The van der Waals surface area contributed by atoms with E-state index in [9.17, 15) is 18.7 Å². The van der Waals surface area contributed by atoms with Gasteiger partial charge in [-0.25, -0.2) is 13.8 Å². The lowest BCUT2D eigenvalue weighted by atomic mass is 9.92. The van der Waals surface area contributed by atoms with Crippen LogP contribution in [0.1, 0.15) is 62.6 Å². The Labute approximate surface area is 256 Å². The summed E-state index contributed by atoms with van der Waals surface area (Å²) in [6.07, 6.45) is 6.74. The van der Waals surface area contributed by atoms with E-state index in [4.69, 9.17) is 14.5 Å². The van der Waals surface area contributed by atoms with Crippen molar-refractivity contribution in [2.45, 2.75) is 71.3 Å². The fourth-order valence-electron chi connectivity index (χ4n) is 6.62. The third kappa shape index (κ3) is 5.77. The standard InChI is InChI=1S/C35H39F2N3O4/c1-4-25-22(2)26(19-32(41)42)34-39-13-11-35(3,12-14-39)44-16-7-5-6-15-43-31-20-29(37)28(36)18-27(31)23-9-8-10-24(17-23)30-21-40(34)33(25)38-30/h8-10,17-18,20-21H,4-7,11-16,19H2,1-3H3,(H,41,42). The smallest absolute Gasteiger partial charge is 0.307 e. The average Bonchev–Trinajstić information content (AvgIpc) is 3.44. The Hall–Kier alpha value is -3.98. The Morgan fingerprint density at radius 3 is 2.50 bits per heavy atom. The molecular formula is C35H39F2N3O4. The fourth-order valence-corrected chi connectivity index (χ4v) is 6.62. The molecule has 7 rings (SSSR count). The second-order valence-electron chi connectivity index (χ2n) is 12.2. The number of pyridine rings is 1. The number of carboxylic acid groups (broad SMARTS) is 1. The van der Waals surface area contributed by atoms with Gasteiger partial charge in [-0.05, 0) is 81.2 Å². The predicted molar refractivity (Wildman–Crippen MR) is 167 cm³/mol. The number of aromatic nitrogens is 2. The van der Waals surface area contributed by atoms with Crippen LogP contribution in [0.4, 0.5) is 14.6 Å². The molecule has 0 saturated carbocycles. The van der Waals surface area contributed by atoms with Gasteiger partial charge in [-0.1, -0.05) is 25.1 Å². The first-order valence-corrected chi connectivity index (χ1v) is 15.5. The number of benzene rings is 2. The van der Waals surface area contributed by atoms with Crippen LogP contribution in [0.3, 0.4) is 0 Å². The summed E-state index contributed by atoms with van der Waals surface area (Å²) in [5, 5.41) is 9.94. The molecule has 0 unspecified atom stereocenters. The lowest BCUT2D eigenvalue weighted by Crippen LogP contribution is -2.45. The van der Waals surface area contributed by atoms with Crippen molar-refractivity contribution in [3.8, 4) is 28.1 Å². The number of nitrogens with zero attached hydrogens (tertiary/aromatic N) is 3. The van der Waals surface area contributed by atoms with E-state index < -0.39 is 17.6 Å². The van der Waals surface area contributed by atoms with Crippen LogP contribution >= 0.6 is 0 Å². The summed E-state index contributed by atoms with van der Waals surface area (Å²) >= 11 is 0. The highest BCUT2D eigenvalue weighted by Gasteiger charge is 2.34. The van der Waals surface area contributed by atoms with Crippen molar-refractivity contribution in [2.24, 2.45) is 0 Å². The number of hydrogen-bond donors (Lipinski definition) is 1. The molecular weight excluding hydrogens is 564 g/mol. The Balaban J connectivity index is 1.54. The van der Waals surface area contributed by atoms with Gasteiger partial charge in [-0.2, -0.15) is 0 Å². The van der Waals surface area contributed by atoms with Crippen molar-refractivity contribution in [1.82, 2.24) is 9.38 Å². The molecule has 44 heavy (non-hydrogen) atoms. The number of aryl methyl sites for hydroxylation is 1. The monoisotopic (exact) mass is 603 g/mol. The largest absolute Gasteiger partial charge is 0.493 e. The number of carbonyl (C=O) groups is 1. The Morgan fingerprint density at radius 1 is 1.02 bits per heavy atom. The minimum atomic E-state index is -0.950. The molecule has 0 aliphatic carbocycles. The highest BCUT2D eigenvalue weighted by atomic mass is 19.2. The molecule has 7 nitrogen and oxygen atoms in total. The molecule has 0 atom stereocenters. The number of hydrogen-bond acceptors (Lipinski definition) is 5. The molecule has 4 aromatic rings. The topological polar surface area (TPSA) is 76.3 Å². The maximum absolute atomic E-state index is 14.5. The number of rotatable bonds is 3. The summed E-state index contributed by atoms with van der Waals surface area (Å²) in [5.41, 5.74) is 5.96. The first-order chi connectivity index (χ1) is 21.2. The van der Waals surface area contributed by atoms with E-state index in [1.165, 1.54) is 6.07 Å². The van der Waals surface area contributed by atoms with Gasteiger partial charge in [0.1, 0.15) is 17.2 Å². The van der Waals surface area contributed by atoms with Gasteiger partial charge >= 0.3 is 5.97 Å². The van der Waals surface area contributed by atoms with Crippen molar-refractivity contribution in [1.29, 1.82) is 0 Å². The van der Waals surface area contributed by atoms with Gasteiger partial charge in [0.25, 0.3) is 0 Å². The summed E-state index contributed by atoms with van der Waals surface area (Å²) in [4.78, 5) is 19.5. The van der Waals surface area contributed by atoms with Gasteiger partial charge in [0.2, 0.25) is 0 Å². The van der Waals surface area contributed by atoms with Crippen LogP contribution in [0.5, 0.6) is 5.75 Å². The lowest BCUT2D eigenvalue weighted by molar-refractivity contribution is -0.136. The SMILES string of the molecule is CCc1c(C)c(CC(=O)O)c2n3cc(nc13)-c1cccc(c1)-c1cc(F)c(F)cc1OCCCCCOC1(C)CCN2CC1. The van der Waals surface area contributed by atoms with Crippen LogP contribution in [-0.2, 0) is 22.4 Å². The summed E-state index contributed by atoms with van der Waals surface area (Å²) < 4.78 is 43.3. The number of piperidine rings is 1. The molecule has 5 heterocycles. The number of halogens is 2. The molecule has 1 N–H and O–H groups in total. The molecule has 3 aliphatic rings. The van der Waals surface area contributed by atoms with E-state index in [2.05, 4.69) is 23.1 Å². The second-order valence-corrected chi connectivity index (χ2v) is 12.2. The second kappa shape index (κ2) is 12.2. The van der Waals surface area contributed by atoms with Crippen LogP contribution in [0.2, 0.25) is 0 Å². The average molecular weight is 604 g/mol. The molecule has 2 aromatic carbocycles. The van der Waals surface area contributed by atoms with Crippen molar-refractivity contribution in [3.05, 3.63) is 70.9 Å². The van der Waals surface area contributed by atoms with Crippen LogP contribution < -0.4 is 9.64 Å². The predicted octanol–water partition coefficient (Wildman–Crippen LogP) is 7.38. The number of anilines is 1. The molecule has 2 aromatic heterocycles. The third-order valence-electron chi connectivity index (χ3n) is 9.17. The van der Waals surface area contributed by atoms with E-state index in [0.717, 1.165) is 85.0 Å². The fraction of sp³-hybridized carbons (Fsp3) is 0.429. The summed E-state index contributed by atoms with van der Waals surface area (Å²) in [5.74, 6) is -1.61. The lowest BCUT2D eigenvalue weighted by Gasteiger charge is -2.41.